The Morgan fingerprint density at radius 2 is 1.86 bits per heavy atom. The molecule has 6 nitrogen and oxygen atoms in total. The van der Waals surface area contributed by atoms with E-state index in [1.807, 2.05) is 0 Å². The third-order valence-corrected chi connectivity index (χ3v) is 7.78. The maximum absolute atomic E-state index is 13.5. The summed E-state index contributed by atoms with van der Waals surface area (Å²) in [5, 5.41) is 21.6. The molecule has 0 radical (unpaired) electrons. The van der Waals surface area contributed by atoms with Gasteiger partial charge in [0.1, 0.15) is 5.75 Å². The van der Waals surface area contributed by atoms with Crippen LogP contribution in [-0.2, 0) is 6.18 Å². The molecule has 1 saturated heterocycles. The lowest BCUT2D eigenvalue weighted by Gasteiger charge is -2.32. The second-order valence-electron chi connectivity index (χ2n) is 8.98. The van der Waals surface area contributed by atoms with Crippen LogP contribution in [0.2, 0.25) is 5.02 Å². The standard InChI is InChI=1S/C25H27ClF3N3O3S/c1-31-8-10-32(11-9-31)7-6-17(33)14-36-23-22(19-13-16(26)3-5-21(19)34)18-12-15(25(27,28)29)2-4-20(18)30-24(23)35/h2-5,12-13,17,33-34H,6-11,14H2,1H3,(H,30,35). The lowest BCUT2D eigenvalue weighted by Crippen LogP contribution is -2.45. The zero-order valence-electron chi connectivity index (χ0n) is 19.6. The van der Waals surface area contributed by atoms with Crippen molar-refractivity contribution >= 4 is 34.3 Å². The van der Waals surface area contributed by atoms with Crippen LogP contribution in [0.25, 0.3) is 22.0 Å². The number of benzene rings is 2. The number of pyridine rings is 1. The number of nitrogens with zero attached hydrogens (tertiary/aromatic N) is 2. The first-order valence-electron chi connectivity index (χ1n) is 11.5. The van der Waals surface area contributed by atoms with E-state index >= 15 is 0 Å². The Labute approximate surface area is 215 Å². The average molecular weight is 542 g/mol. The smallest absolute Gasteiger partial charge is 0.416 e. The van der Waals surface area contributed by atoms with Crippen molar-refractivity contribution in [2.45, 2.75) is 23.6 Å². The van der Waals surface area contributed by atoms with Crippen LogP contribution in [0, 0.1) is 0 Å². The number of piperazine rings is 1. The van der Waals surface area contributed by atoms with Gasteiger partial charge in [0.2, 0.25) is 0 Å². The highest BCUT2D eigenvalue weighted by Gasteiger charge is 2.31. The molecular weight excluding hydrogens is 515 g/mol. The SMILES string of the molecule is CN1CCN(CCC(O)CSc2c(-c3cc(Cl)ccc3O)c3cc(C(F)(F)F)ccc3[nH]c2=O)CC1. The predicted octanol–water partition coefficient (Wildman–Crippen LogP) is 4.66. The number of nitrogens with one attached hydrogen (secondary N) is 1. The quantitative estimate of drug-likeness (QED) is 0.378. The summed E-state index contributed by atoms with van der Waals surface area (Å²) < 4.78 is 40.5. The Hall–Kier alpha value is -2.24. The van der Waals surface area contributed by atoms with Crippen molar-refractivity contribution in [3.05, 3.63) is 57.3 Å². The van der Waals surface area contributed by atoms with Gasteiger partial charge in [-0.25, -0.2) is 0 Å². The summed E-state index contributed by atoms with van der Waals surface area (Å²) in [4.78, 5) is 20.3. The van der Waals surface area contributed by atoms with Crippen LogP contribution in [0.1, 0.15) is 12.0 Å². The summed E-state index contributed by atoms with van der Waals surface area (Å²) in [5.74, 6) is -0.0588. The van der Waals surface area contributed by atoms with E-state index in [0.29, 0.717) is 13.0 Å². The van der Waals surface area contributed by atoms with Crippen molar-refractivity contribution in [3.63, 3.8) is 0 Å². The third kappa shape index (κ3) is 6.18. The number of aromatic amines is 1. The van der Waals surface area contributed by atoms with E-state index in [4.69, 9.17) is 11.6 Å². The van der Waals surface area contributed by atoms with Crippen molar-refractivity contribution in [1.82, 2.24) is 14.8 Å². The van der Waals surface area contributed by atoms with Gasteiger partial charge in [-0.1, -0.05) is 11.6 Å². The fourth-order valence-electron chi connectivity index (χ4n) is 4.23. The van der Waals surface area contributed by atoms with Crippen LogP contribution >= 0.6 is 23.4 Å². The Kier molecular flexibility index (Phi) is 8.21. The summed E-state index contributed by atoms with van der Waals surface area (Å²) in [7, 11) is 2.07. The number of phenolic OH excluding ortho intramolecular Hbond substituents is 1. The first-order valence-corrected chi connectivity index (χ1v) is 12.9. The van der Waals surface area contributed by atoms with Crippen molar-refractivity contribution in [2.75, 3.05) is 45.5 Å². The van der Waals surface area contributed by atoms with Gasteiger partial charge in [0.05, 0.1) is 16.6 Å². The van der Waals surface area contributed by atoms with Gasteiger partial charge in [-0.2, -0.15) is 13.2 Å². The lowest BCUT2D eigenvalue weighted by molar-refractivity contribution is -0.137. The second-order valence-corrected chi connectivity index (χ2v) is 10.4. The second kappa shape index (κ2) is 11.0. The highest BCUT2D eigenvalue weighted by molar-refractivity contribution is 7.99. The summed E-state index contributed by atoms with van der Waals surface area (Å²) in [6.07, 6.45) is -4.82. The number of H-pyrrole nitrogens is 1. The number of fused-ring (bicyclic) bond motifs is 1. The number of aromatic nitrogens is 1. The molecule has 1 atom stereocenters. The van der Waals surface area contributed by atoms with Crippen LogP contribution in [-0.4, -0.2) is 76.6 Å². The number of hydrogen-bond acceptors (Lipinski definition) is 6. The summed E-state index contributed by atoms with van der Waals surface area (Å²) >= 11 is 7.18. The molecule has 194 valence electrons. The number of phenols is 1. The Balaban J connectivity index is 1.68. The van der Waals surface area contributed by atoms with Crippen molar-refractivity contribution in [3.8, 4) is 16.9 Å². The van der Waals surface area contributed by atoms with Gasteiger partial charge in [-0.15, -0.1) is 11.8 Å². The number of likely N-dealkylation sites (N-methyl/N-ethyl adjacent to an activating group) is 1. The molecule has 2 heterocycles. The summed E-state index contributed by atoms with van der Waals surface area (Å²) in [6, 6.07) is 7.25. The third-order valence-electron chi connectivity index (χ3n) is 6.32. The van der Waals surface area contributed by atoms with E-state index in [1.165, 1.54) is 24.3 Å². The maximum atomic E-state index is 13.5. The molecule has 0 amide bonds. The minimum Gasteiger partial charge on any atom is -0.507 e. The van der Waals surface area contributed by atoms with E-state index in [1.54, 1.807) is 0 Å². The molecule has 3 aromatic rings. The van der Waals surface area contributed by atoms with Crippen LogP contribution < -0.4 is 5.56 Å². The van der Waals surface area contributed by atoms with E-state index in [-0.39, 0.29) is 43.5 Å². The number of aliphatic hydroxyl groups is 1. The lowest BCUT2D eigenvalue weighted by atomic mass is 9.98. The first kappa shape index (κ1) is 26.8. The van der Waals surface area contributed by atoms with Crippen molar-refractivity contribution < 1.29 is 23.4 Å². The van der Waals surface area contributed by atoms with E-state index in [2.05, 4.69) is 21.8 Å². The molecule has 0 spiro atoms. The molecule has 1 unspecified atom stereocenters. The maximum Gasteiger partial charge on any atom is 0.416 e. The van der Waals surface area contributed by atoms with Crippen molar-refractivity contribution in [2.24, 2.45) is 0 Å². The van der Waals surface area contributed by atoms with Crippen molar-refractivity contribution in [1.29, 1.82) is 0 Å². The van der Waals surface area contributed by atoms with Gasteiger partial charge >= 0.3 is 6.18 Å². The van der Waals surface area contributed by atoms with Gasteiger partial charge in [0, 0.05) is 65.5 Å². The molecule has 1 aliphatic rings. The predicted molar refractivity (Wildman–Crippen MR) is 137 cm³/mol. The molecule has 36 heavy (non-hydrogen) atoms. The number of aromatic hydroxyl groups is 1. The van der Waals surface area contributed by atoms with E-state index in [0.717, 1.165) is 50.1 Å². The van der Waals surface area contributed by atoms with E-state index < -0.39 is 23.4 Å². The average Bonchev–Trinajstić information content (AvgIpc) is 2.83. The van der Waals surface area contributed by atoms with Crippen LogP contribution in [0.4, 0.5) is 13.2 Å². The largest absolute Gasteiger partial charge is 0.507 e. The van der Waals surface area contributed by atoms with Gasteiger partial charge in [0.25, 0.3) is 5.56 Å². The highest BCUT2D eigenvalue weighted by Crippen LogP contribution is 2.42. The topological polar surface area (TPSA) is 79.8 Å². The molecule has 4 rings (SSSR count). The fourth-order valence-corrected chi connectivity index (χ4v) is 5.48. The Morgan fingerprint density at radius 1 is 1.14 bits per heavy atom. The molecule has 0 aliphatic carbocycles. The number of rotatable bonds is 7. The minimum absolute atomic E-state index is 0.109. The summed E-state index contributed by atoms with van der Waals surface area (Å²) in [5.41, 5.74) is -0.910. The molecule has 1 fully saturated rings. The van der Waals surface area contributed by atoms with Gasteiger partial charge < -0.3 is 25.0 Å². The minimum atomic E-state index is -4.59. The first-order chi connectivity index (χ1) is 17.0. The molecule has 1 aromatic heterocycles. The number of halogens is 4. The van der Waals surface area contributed by atoms with Gasteiger partial charge in [-0.3, -0.25) is 4.79 Å². The van der Waals surface area contributed by atoms with Gasteiger partial charge in [0.15, 0.2) is 0 Å². The highest BCUT2D eigenvalue weighted by atomic mass is 35.5. The van der Waals surface area contributed by atoms with Crippen LogP contribution in [0.15, 0.2) is 46.1 Å². The Bertz CT molecular complexity index is 1290. The Morgan fingerprint density at radius 3 is 2.56 bits per heavy atom. The molecule has 3 N–H and O–H groups in total. The van der Waals surface area contributed by atoms with Crippen LogP contribution in [0.5, 0.6) is 5.75 Å². The molecule has 0 saturated carbocycles. The number of thioether (sulfide) groups is 1. The normalized spacial score (nSPS) is 16.5. The number of alkyl halides is 3. The van der Waals surface area contributed by atoms with Gasteiger partial charge in [-0.05, 0) is 49.9 Å². The molecule has 1 aliphatic heterocycles. The van der Waals surface area contributed by atoms with E-state index in [9.17, 15) is 28.2 Å². The number of hydrogen-bond donors (Lipinski definition) is 3. The zero-order valence-corrected chi connectivity index (χ0v) is 21.2. The number of aliphatic hydroxyl groups excluding tert-OH is 1. The zero-order chi connectivity index (χ0) is 26.0. The molecule has 0 bridgehead atoms. The monoisotopic (exact) mass is 541 g/mol. The molecular formula is C25H27ClF3N3O3S. The molecule has 2 aromatic carbocycles. The summed E-state index contributed by atoms with van der Waals surface area (Å²) in [6.45, 7) is 4.47. The van der Waals surface area contributed by atoms with Crippen LogP contribution in [0.3, 0.4) is 0 Å². The fraction of sp³-hybridized carbons (Fsp3) is 0.400. The molecule has 11 heteroatoms.